The third kappa shape index (κ3) is 4.18. The van der Waals surface area contributed by atoms with Crippen LogP contribution in [0.5, 0.6) is 5.75 Å². The van der Waals surface area contributed by atoms with Gasteiger partial charge in [0.1, 0.15) is 0 Å². The van der Waals surface area contributed by atoms with Crippen LogP contribution in [0.15, 0.2) is 24.4 Å². The Kier molecular flexibility index (Phi) is 5.65. The number of hydrogen-bond acceptors (Lipinski definition) is 6. The number of piperidine rings is 1. The van der Waals surface area contributed by atoms with E-state index in [1.54, 1.807) is 13.3 Å². The van der Waals surface area contributed by atoms with Gasteiger partial charge in [0.05, 0.1) is 12.3 Å². The summed E-state index contributed by atoms with van der Waals surface area (Å²) in [5.74, 6) is 1.66. The van der Waals surface area contributed by atoms with Crippen LogP contribution in [0.2, 0.25) is 0 Å². The summed E-state index contributed by atoms with van der Waals surface area (Å²) in [7, 11) is 1.73. The van der Waals surface area contributed by atoms with Crippen molar-refractivity contribution in [3.05, 3.63) is 35.7 Å². The highest BCUT2D eigenvalue weighted by Crippen LogP contribution is 2.58. The zero-order valence-electron chi connectivity index (χ0n) is 16.6. The smallest absolute Gasteiger partial charge is 0.387 e. The molecule has 0 radical (unpaired) electrons. The van der Waals surface area contributed by atoms with Crippen molar-refractivity contribution in [3.63, 3.8) is 0 Å². The zero-order chi connectivity index (χ0) is 20.5. The predicted octanol–water partition coefficient (Wildman–Crippen LogP) is 3.18. The number of alkyl halides is 2. The van der Waals surface area contributed by atoms with Crippen molar-refractivity contribution >= 4 is 5.82 Å². The Labute approximate surface area is 169 Å². The number of anilines is 1. The molecule has 0 bridgehead atoms. The van der Waals surface area contributed by atoms with Gasteiger partial charge in [0.2, 0.25) is 0 Å². The first-order chi connectivity index (χ1) is 14.0. The minimum atomic E-state index is -2.95. The summed E-state index contributed by atoms with van der Waals surface area (Å²) in [6, 6.07) is 5.72. The molecule has 2 aromatic heterocycles. The first-order valence-electron chi connectivity index (χ1n) is 9.93. The normalized spacial score (nSPS) is 23.4. The molecule has 4 rings (SSSR count). The minimum absolute atomic E-state index is 0.0613. The Bertz CT molecular complexity index is 868. The number of rotatable bonds is 8. The van der Waals surface area contributed by atoms with E-state index in [2.05, 4.69) is 38.7 Å². The number of nitrogens with zero attached hydrogens (tertiary/aromatic N) is 3. The van der Waals surface area contributed by atoms with Gasteiger partial charge >= 0.3 is 6.61 Å². The molecule has 0 spiro atoms. The maximum Gasteiger partial charge on any atom is 0.387 e. The lowest BCUT2D eigenvalue weighted by molar-refractivity contribution is -0.0494. The molecule has 2 aromatic rings. The molecule has 8 heteroatoms. The number of aromatic nitrogens is 2. The van der Waals surface area contributed by atoms with Gasteiger partial charge in [-0.05, 0) is 47.9 Å². The molecule has 2 atom stereocenters. The van der Waals surface area contributed by atoms with E-state index in [-0.39, 0.29) is 11.6 Å². The number of pyridine rings is 2. The number of ether oxygens (including phenoxy) is 2. The largest absolute Gasteiger partial charge is 0.431 e. The van der Waals surface area contributed by atoms with Crippen molar-refractivity contribution in [1.29, 1.82) is 0 Å². The number of halogens is 2. The van der Waals surface area contributed by atoms with Crippen molar-refractivity contribution in [3.8, 4) is 17.0 Å². The number of nitrogens with two attached hydrogens (primary N) is 1. The number of likely N-dealkylation sites (tertiary alicyclic amines) is 1. The summed E-state index contributed by atoms with van der Waals surface area (Å²) in [5, 5.41) is 0. The third-order valence-electron chi connectivity index (χ3n) is 5.92. The van der Waals surface area contributed by atoms with Crippen LogP contribution in [0.3, 0.4) is 0 Å². The highest BCUT2D eigenvalue weighted by atomic mass is 19.3. The van der Waals surface area contributed by atoms with Crippen LogP contribution in [-0.2, 0) is 11.2 Å². The lowest BCUT2D eigenvalue weighted by Crippen LogP contribution is -2.27. The van der Waals surface area contributed by atoms with E-state index in [0.29, 0.717) is 29.0 Å². The maximum atomic E-state index is 12.6. The van der Waals surface area contributed by atoms with Crippen molar-refractivity contribution < 1.29 is 18.3 Å². The summed E-state index contributed by atoms with van der Waals surface area (Å²) in [4.78, 5) is 11.1. The van der Waals surface area contributed by atoms with Gasteiger partial charge in [-0.3, -0.25) is 4.98 Å². The average Bonchev–Trinajstić information content (AvgIpc) is 3.22. The second-order valence-corrected chi connectivity index (χ2v) is 7.72. The number of methoxy groups -OCH3 is 1. The Balaban J connectivity index is 1.56. The summed E-state index contributed by atoms with van der Waals surface area (Å²) in [6.45, 7) is 3.02. The van der Waals surface area contributed by atoms with Crippen molar-refractivity contribution in [2.75, 3.05) is 39.1 Å². The average molecular weight is 404 g/mol. The minimum Gasteiger partial charge on any atom is -0.431 e. The van der Waals surface area contributed by atoms with Crippen LogP contribution < -0.4 is 10.5 Å². The fourth-order valence-corrected chi connectivity index (χ4v) is 4.43. The summed E-state index contributed by atoms with van der Waals surface area (Å²) >= 11 is 0. The molecule has 2 unspecified atom stereocenters. The summed E-state index contributed by atoms with van der Waals surface area (Å²) < 4.78 is 35.0. The highest BCUT2D eigenvalue weighted by molar-refractivity contribution is 5.65. The van der Waals surface area contributed by atoms with E-state index in [1.165, 1.54) is 11.6 Å². The second kappa shape index (κ2) is 8.20. The van der Waals surface area contributed by atoms with E-state index in [9.17, 15) is 8.78 Å². The fourth-order valence-electron chi connectivity index (χ4n) is 4.43. The molecule has 3 heterocycles. The highest BCUT2D eigenvalue weighted by Gasteiger charge is 2.55. The van der Waals surface area contributed by atoms with Crippen molar-refractivity contribution in [2.24, 2.45) is 11.8 Å². The summed E-state index contributed by atoms with van der Waals surface area (Å²) in [5.41, 5.74) is 9.25. The Hall–Kier alpha value is -2.32. The lowest BCUT2D eigenvalue weighted by atomic mass is 10.0. The SMILES string of the molecule is CCc1cc(C2C3CN(CCOC)CC32)cc(-c2cnc(N)c(OC(F)F)c2)n1. The molecule has 2 aliphatic rings. The molecular weight excluding hydrogens is 378 g/mol. The first kappa shape index (κ1) is 20.0. The van der Waals surface area contributed by atoms with Gasteiger partial charge < -0.3 is 20.1 Å². The van der Waals surface area contributed by atoms with Gasteiger partial charge in [0.25, 0.3) is 0 Å². The molecule has 1 saturated carbocycles. The number of hydrogen-bond donors (Lipinski definition) is 1. The van der Waals surface area contributed by atoms with Crippen molar-refractivity contribution in [1.82, 2.24) is 14.9 Å². The predicted molar refractivity (Wildman–Crippen MR) is 106 cm³/mol. The van der Waals surface area contributed by atoms with E-state index in [4.69, 9.17) is 10.5 Å². The molecular formula is C21H26F2N4O2. The van der Waals surface area contributed by atoms with Crippen LogP contribution in [-0.4, -0.2) is 54.8 Å². The first-order valence-corrected chi connectivity index (χ1v) is 9.93. The number of nitrogen functional groups attached to an aromatic ring is 1. The molecule has 156 valence electrons. The van der Waals surface area contributed by atoms with Gasteiger partial charge in [0.15, 0.2) is 11.6 Å². The van der Waals surface area contributed by atoms with Crippen LogP contribution >= 0.6 is 0 Å². The van der Waals surface area contributed by atoms with Gasteiger partial charge in [-0.25, -0.2) is 4.98 Å². The van der Waals surface area contributed by atoms with Gasteiger partial charge in [-0.1, -0.05) is 6.92 Å². The van der Waals surface area contributed by atoms with Gasteiger partial charge in [-0.15, -0.1) is 0 Å². The van der Waals surface area contributed by atoms with E-state index in [1.807, 2.05) is 0 Å². The van der Waals surface area contributed by atoms with Crippen molar-refractivity contribution in [2.45, 2.75) is 25.9 Å². The van der Waals surface area contributed by atoms with Gasteiger partial charge in [0, 0.05) is 44.2 Å². The van der Waals surface area contributed by atoms with Crippen LogP contribution in [0, 0.1) is 11.8 Å². The quantitative estimate of drug-likeness (QED) is 0.729. The Morgan fingerprint density at radius 2 is 2.00 bits per heavy atom. The molecule has 1 saturated heterocycles. The standard InChI is InChI=1S/C21H26F2N4O2/c1-3-14-6-12(19-15-10-27(4-5-28-2)11-16(15)19)7-17(26-14)13-8-18(29-21(22)23)20(24)25-9-13/h6-9,15-16,19,21H,3-5,10-11H2,1-2H3,(H2,24,25). The Morgan fingerprint density at radius 3 is 2.66 bits per heavy atom. The van der Waals surface area contributed by atoms with E-state index in [0.717, 1.165) is 38.4 Å². The van der Waals surface area contributed by atoms with Crippen LogP contribution in [0.1, 0.15) is 24.1 Å². The maximum absolute atomic E-state index is 12.6. The molecule has 0 amide bonds. The van der Waals surface area contributed by atoms with Crippen LogP contribution in [0.4, 0.5) is 14.6 Å². The van der Waals surface area contributed by atoms with Gasteiger partial charge in [-0.2, -0.15) is 8.78 Å². The monoisotopic (exact) mass is 404 g/mol. The lowest BCUT2D eigenvalue weighted by Gasteiger charge is -2.19. The molecule has 29 heavy (non-hydrogen) atoms. The second-order valence-electron chi connectivity index (χ2n) is 7.72. The van der Waals surface area contributed by atoms with Crippen LogP contribution in [0.25, 0.3) is 11.3 Å². The zero-order valence-corrected chi connectivity index (χ0v) is 16.6. The van der Waals surface area contributed by atoms with E-state index >= 15 is 0 Å². The van der Waals surface area contributed by atoms with E-state index < -0.39 is 6.61 Å². The molecule has 0 aromatic carbocycles. The molecule has 2 fully saturated rings. The third-order valence-corrected chi connectivity index (χ3v) is 5.92. The fraction of sp³-hybridized carbons (Fsp3) is 0.524. The number of fused-ring (bicyclic) bond motifs is 1. The molecule has 1 aliphatic heterocycles. The topological polar surface area (TPSA) is 73.5 Å². The summed E-state index contributed by atoms with van der Waals surface area (Å²) in [6.07, 6.45) is 2.35. The molecule has 6 nitrogen and oxygen atoms in total. The molecule has 1 aliphatic carbocycles. The molecule has 2 N–H and O–H groups in total. The number of aryl methyl sites for hydroxylation is 1. The Morgan fingerprint density at radius 1 is 1.24 bits per heavy atom.